The van der Waals surface area contributed by atoms with E-state index in [1.807, 2.05) is 0 Å². The number of aromatic nitrogens is 1. The molecule has 0 unspecified atom stereocenters. The van der Waals surface area contributed by atoms with Crippen LogP contribution in [0.25, 0.3) is 32.9 Å². The number of hydrogen-bond donors (Lipinski definition) is 3. The number of halogens is 3. The molecule has 1 aliphatic rings. The number of aromatic amines is 1. The Kier molecular flexibility index (Phi) is 3.34. The summed E-state index contributed by atoms with van der Waals surface area (Å²) in [4.78, 5) is 28.2. The molecule has 0 atom stereocenters. The Hall–Kier alpha value is -3.81. The number of carbonyl (C=O) groups is 2. The Labute approximate surface area is 160 Å². The minimum Gasteiger partial charge on any atom is -0.508 e. The predicted molar refractivity (Wildman–Crippen MR) is 99.7 cm³/mol. The number of amides is 2. The van der Waals surface area contributed by atoms with Gasteiger partial charge in [-0.2, -0.15) is 13.2 Å². The van der Waals surface area contributed by atoms with Gasteiger partial charge < -0.3 is 10.1 Å². The van der Waals surface area contributed by atoms with Crippen molar-refractivity contribution in [3.8, 4) is 16.9 Å². The number of hydrogen-bond acceptors (Lipinski definition) is 3. The number of fused-ring (bicyclic) bond motifs is 5. The van der Waals surface area contributed by atoms with Crippen molar-refractivity contribution in [2.75, 3.05) is 0 Å². The first-order valence-electron chi connectivity index (χ1n) is 8.59. The number of nitrogens with one attached hydrogen (secondary N) is 2. The van der Waals surface area contributed by atoms with Crippen molar-refractivity contribution in [1.29, 1.82) is 0 Å². The monoisotopic (exact) mass is 396 g/mol. The fourth-order valence-electron chi connectivity index (χ4n) is 3.81. The van der Waals surface area contributed by atoms with Crippen LogP contribution in [0.1, 0.15) is 26.3 Å². The van der Waals surface area contributed by atoms with Gasteiger partial charge in [-0.05, 0) is 47.5 Å². The third-order valence-corrected chi connectivity index (χ3v) is 5.07. The Balaban J connectivity index is 1.84. The molecule has 0 fully saturated rings. The molecule has 0 spiro atoms. The lowest BCUT2D eigenvalue weighted by Crippen LogP contribution is -2.20. The average molecular weight is 396 g/mol. The summed E-state index contributed by atoms with van der Waals surface area (Å²) in [5.74, 6) is -1.20. The number of phenolic OH excluding ortho intramolecular Hbond substituents is 1. The number of phenols is 1. The van der Waals surface area contributed by atoms with Crippen LogP contribution >= 0.6 is 0 Å². The van der Waals surface area contributed by atoms with E-state index in [4.69, 9.17) is 0 Å². The summed E-state index contributed by atoms with van der Waals surface area (Å²) >= 11 is 0. The lowest BCUT2D eigenvalue weighted by atomic mass is 9.92. The van der Waals surface area contributed by atoms with Gasteiger partial charge in [0.15, 0.2) is 0 Å². The number of rotatable bonds is 1. The average Bonchev–Trinajstić information content (AvgIpc) is 3.17. The Morgan fingerprint density at radius 3 is 2.21 bits per heavy atom. The highest BCUT2D eigenvalue weighted by Crippen LogP contribution is 2.40. The molecule has 4 aromatic rings. The van der Waals surface area contributed by atoms with Gasteiger partial charge in [-0.15, -0.1) is 0 Å². The first-order chi connectivity index (χ1) is 13.7. The van der Waals surface area contributed by atoms with Gasteiger partial charge in [0, 0.05) is 21.8 Å². The molecule has 144 valence electrons. The summed E-state index contributed by atoms with van der Waals surface area (Å²) in [7, 11) is 0. The van der Waals surface area contributed by atoms with Gasteiger partial charge in [0.05, 0.1) is 16.7 Å². The molecule has 5 nitrogen and oxygen atoms in total. The molecule has 0 bridgehead atoms. The van der Waals surface area contributed by atoms with Crippen molar-refractivity contribution in [2.45, 2.75) is 6.18 Å². The fraction of sp³-hybridized carbons (Fsp3) is 0.0476. The molecule has 8 heteroatoms. The molecule has 1 aliphatic heterocycles. The van der Waals surface area contributed by atoms with Crippen molar-refractivity contribution < 1.29 is 27.9 Å². The zero-order valence-electron chi connectivity index (χ0n) is 14.5. The van der Waals surface area contributed by atoms with Crippen LogP contribution in [0.2, 0.25) is 0 Å². The van der Waals surface area contributed by atoms with E-state index in [0.29, 0.717) is 32.9 Å². The van der Waals surface area contributed by atoms with Crippen molar-refractivity contribution in [3.05, 3.63) is 65.2 Å². The molecule has 1 aromatic heterocycles. The molecule has 0 radical (unpaired) electrons. The van der Waals surface area contributed by atoms with Gasteiger partial charge in [-0.3, -0.25) is 14.9 Å². The van der Waals surface area contributed by atoms with Gasteiger partial charge in [-0.25, -0.2) is 0 Å². The van der Waals surface area contributed by atoms with Crippen molar-refractivity contribution in [3.63, 3.8) is 0 Å². The van der Waals surface area contributed by atoms with Crippen LogP contribution in [0.15, 0.2) is 48.5 Å². The second-order valence-electron chi connectivity index (χ2n) is 6.81. The minimum atomic E-state index is -4.48. The van der Waals surface area contributed by atoms with Gasteiger partial charge >= 0.3 is 6.18 Å². The van der Waals surface area contributed by atoms with Crippen LogP contribution < -0.4 is 5.32 Å². The van der Waals surface area contributed by atoms with Crippen LogP contribution in [0.5, 0.6) is 5.75 Å². The number of H-pyrrole nitrogens is 1. The van der Waals surface area contributed by atoms with Crippen LogP contribution in [-0.2, 0) is 6.18 Å². The van der Waals surface area contributed by atoms with Crippen molar-refractivity contribution in [2.24, 2.45) is 0 Å². The molecule has 0 aliphatic carbocycles. The summed E-state index contributed by atoms with van der Waals surface area (Å²) in [6, 6.07) is 10.7. The van der Waals surface area contributed by atoms with E-state index in [-0.39, 0.29) is 16.9 Å². The van der Waals surface area contributed by atoms with Crippen LogP contribution in [0.3, 0.4) is 0 Å². The Bertz CT molecular complexity index is 1350. The normalized spacial score (nSPS) is 13.9. The van der Waals surface area contributed by atoms with E-state index < -0.39 is 23.6 Å². The summed E-state index contributed by atoms with van der Waals surface area (Å²) < 4.78 is 38.6. The minimum absolute atomic E-state index is 0.00342. The first-order valence-corrected chi connectivity index (χ1v) is 8.59. The van der Waals surface area contributed by atoms with E-state index in [9.17, 15) is 27.9 Å². The molecule has 5 rings (SSSR count). The molecule has 0 saturated heterocycles. The molecule has 3 N–H and O–H groups in total. The topological polar surface area (TPSA) is 82.2 Å². The molecule has 2 amide bonds. The van der Waals surface area contributed by atoms with E-state index >= 15 is 0 Å². The van der Waals surface area contributed by atoms with Gasteiger partial charge in [0.25, 0.3) is 11.8 Å². The van der Waals surface area contributed by atoms with Crippen molar-refractivity contribution >= 4 is 33.6 Å². The lowest BCUT2D eigenvalue weighted by molar-refractivity contribution is -0.137. The number of benzene rings is 3. The van der Waals surface area contributed by atoms with E-state index in [0.717, 1.165) is 12.1 Å². The standard InChI is InChI=1S/C21H11F3N2O3/c22-21(23,24)10-3-1-9(2-4-10)12-8-15-16(18-17(12)19(28)26-20(18)29)13-7-11(27)5-6-14(13)25-15/h1-8,25,27H,(H,26,28,29). The van der Waals surface area contributed by atoms with Crippen LogP contribution in [0, 0.1) is 0 Å². The predicted octanol–water partition coefficient (Wildman–Crippen LogP) is 4.60. The first kappa shape index (κ1) is 17.3. The van der Waals surface area contributed by atoms with E-state index in [2.05, 4.69) is 10.3 Å². The van der Waals surface area contributed by atoms with Gasteiger partial charge in [0.1, 0.15) is 5.75 Å². The second-order valence-corrected chi connectivity index (χ2v) is 6.81. The molecule has 0 saturated carbocycles. The zero-order chi connectivity index (χ0) is 20.5. The fourth-order valence-corrected chi connectivity index (χ4v) is 3.81. The van der Waals surface area contributed by atoms with Gasteiger partial charge in [0.2, 0.25) is 0 Å². The Morgan fingerprint density at radius 2 is 1.52 bits per heavy atom. The molecule has 2 heterocycles. The molecular formula is C21H11F3N2O3. The van der Waals surface area contributed by atoms with Crippen LogP contribution in [-0.4, -0.2) is 21.9 Å². The summed E-state index contributed by atoms with van der Waals surface area (Å²) in [6.07, 6.45) is -4.48. The second kappa shape index (κ2) is 5.60. The molecular weight excluding hydrogens is 385 g/mol. The van der Waals surface area contributed by atoms with Gasteiger partial charge in [-0.1, -0.05) is 12.1 Å². The SMILES string of the molecule is O=C1NC(=O)c2c1c(-c1ccc(C(F)(F)F)cc1)cc1[nH]c3ccc(O)cc3c21. The van der Waals surface area contributed by atoms with E-state index in [1.165, 1.54) is 24.3 Å². The number of carbonyl (C=O) groups excluding carboxylic acids is 2. The largest absolute Gasteiger partial charge is 0.508 e. The highest BCUT2D eigenvalue weighted by molar-refractivity contribution is 6.32. The quantitative estimate of drug-likeness (QED) is 0.412. The number of alkyl halides is 3. The van der Waals surface area contributed by atoms with Crippen LogP contribution in [0.4, 0.5) is 13.2 Å². The number of imide groups is 1. The highest BCUT2D eigenvalue weighted by Gasteiger charge is 2.34. The highest BCUT2D eigenvalue weighted by atomic mass is 19.4. The zero-order valence-corrected chi connectivity index (χ0v) is 14.5. The molecule has 3 aromatic carbocycles. The third kappa shape index (κ3) is 2.49. The smallest absolute Gasteiger partial charge is 0.416 e. The van der Waals surface area contributed by atoms with Crippen molar-refractivity contribution in [1.82, 2.24) is 10.3 Å². The summed E-state index contributed by atoms with van der Waals surface area (Å²) in [5.41, 5.74) is 1.34. The lowest BCUT2D eigenvalue weighted by Gasteiger charge is -2.10. The summed E-state index contributed by atoms with van der Waals surface area (Å²) in [5, 5.41) is 13.1. The third-order valence-electron chi connectivity index (χ3n) is 5.07. The Morgan fingerprint density at radius 1 is 0.828 bits per heavy atom. The van der Waals surface area contributed by atoms with E-state index in [1.54, 1.807) is 12.1 Å². The maximum absolute atomic E-state index is 12.9. The summed E-state index contributed by atoms with van der Waals surface area (Å²) in [6.45, 7) is 0. The maximum Gasteiger partial charge on any atom is 0.416 e. The number of aromatic hydroxyl groups is 1. The molecule has 29 heavy (non-hydrogen) atoms. The maximum atomic E-state index is 12.9.